The van der Waals surface area contributed by atoms with Crippen molar-refractivity contribution in [3.05, 3.63) is 51.7 Å². The van der Waals surface area contributed by atoms with Gasteiger partial charge in [-0.1, -0.05) is 0 Å². The summed E-state index contributed by atoms with van der Waals surface area (Å²) in [6.07, 6.45) is 0.657. The number of nitriles is 1. The zero-order chi connectivity index (χ0) is 16.1. The summed E-state index contributed by atoms with van der Waals surface area (Å²) in [5.41, 5.74) is -0.359. The van der Waals surface area contributed by atoms with Crippen LogP contribution < -0.4 is 9.47 Å². The Morgan fingerprint density at radius 3 is 2.68 bits per heavy atom. The Morgan fingerprint density at radius 1 is 1.32 bits per heavy atom. The lowest BCUT2D eigenvalue weighted by molar-refractivity contribution is -0.385. The van der Waals surface area contributed by atoms with Gasteiger partial charge >= 0.3 is 5.69 Å². The first-order valence-electron chi connectivity index (χ1n) is 5.95. The first-order valence-corrected chi connectivity index (χ1v) is 5.95. The third-order valence-corrected chi connectivity index (χ3v) is 2.69. The van der Waals surface area contributed by atoms with E-state index >= 15 is 0 Å². The number of nitrogens with zero attached hydrogens (tertiary/aromatic N) is 3. The van der Waals surface area contributed by atoms with Gasteiger partial charge in [0.25, 0.3) is 0 Å². The van der Waals surface area contributed by atoms with Gasteiger partial charge in [-0.15, -0.1) is 0 Å². The van der Waals surface area contributed by atoms with Gasteiger partial charge in [0, 0.05) is 17.7 Å². The van der Waals surface area contributed by atoms with Crippen LogP contribution in [0.2, 0.25) is 0 Å². The number of hydrogen-bond acceptors (Lipinski definition) is 7. The molecule has 0 aliphatic carbocycles. The van der Waals surface area contributed by atoms with Crippen LogP contribution in [-0.4, -0.2) is 23.3 Å². The van der Waals surface area contributed by atoms with Crippen LogP contribution in [0, 0.1) is 21.4 Å². The molecule has 8 nitrogen and oxygen atoms in total. The maximum atomic E-state index is 10.7. The molecule has 0 N–H and O–H groups in total. The Kier molecular flexibility index (Phi) is 4.29. The Balaban J connectivity index is 2.37. The standard InChI is InChI=1S/C14H9N3O5/c1-21-13-6-9(8-18)2-4-12(13)22-14-5-3-11(17(19)20)10(7-15)16-14/h2-6,8H,1H3. The SMILES string of the molecule is COc1cc(C=O)ccc1Oc1ccc([N+](=O)[O-])c(C#N)n1. The minimum Gasteiger partial charge on any atom is -0.493 e. The van der Waals surface area contributed by atoms with Crippen molar-refractivity contribution in [2.75, 3.05) is 7.11 Å². The Morgan fingerprint density at radius 2 is 2.09 bits per heavy atom. The summed E-state index contributed by atoms with van der Waals surface area (Å²) in [7, 11) is 1.40. The molecule has 0 saturated carbocycles. The van der Waals surface area contributed by atoms with E-state index in [9.17, 15) is 14.9 Å². The van der Waals surface area contributed by atoms with E-state index in [0.717, 1.165) is 6.07 Å². The second kappa shape index (κ2) is 6.32. The van der Waals surface area contributed by atoms with E-state index in [-0.39, 0.29) is 17.3 Å². The van der Waals surface area contributed by atoms with Crippen LogP contribution in [0.15, 0.2) is 30.3 Å². The van der Waals surface area contributed by atoms with Gasteiger partial charge in [-0.3, -0.25) is 14.9 Å². The lowest BCUT2D eigenvalue weighted by Crippen LogP contribution is -1.98. The first kappa shape index (κ1) is 14.9. The van der Waals surface area contributed by atoms with E-state index < -0.39 is 10.6 Å². The molecule has 0 spiro atoms. The monoisotopic (exact) mass is 299 g/mol. The molecule has 22 heavy (non-hydrogen) atoms. The smallest absolute Gasteiger partial charge is 0.305 e. The fraction of sp³-hybridized carbons (Fsp3) is 0.0714. The molecular weight excluding hydrogens is 290 g/mol. The molecule has 2 aromatic rings. The van der Waals surface area contributed by atoms with Crippen LogP contribution in [0.4, 0.5) is 5.69 Å². The van der Waals surface area contributed by atoms with Crippen LogP contribution in [0.1, 0.15) is 16.1 Å². The van der Waals surface area contributed by atoms with E-state index in [1.54, 1.807) is 6.07 Å². The fourth-order valence-electron chi connectivity index (χ4n) is 1.67. The lowest BCUT2D eigenvalue weighted by atomic mass is 10.2. The third-order valence-electron chi connectivity index (χ3n) is 2.69. The van der Waals surface area contributed by atoms with Crippen molar-refractivity contribution >= 4 is 12.0 Å². The van der Waals surface area contributed by atoms with Crippen molar-refractivity contribution in [1.82, 2.24) is 4.98 Å². The minimum atomic E-state index is -0.700. The molecule has 1 heterocycles. The molecule has 0 aliphatic rings. The van der Waals surface area contributed by atoms with Crippen LogP contribution in [0.25, 0.3) is 0 Å². The zero-order valence-electron chi connectivity index (χ0n) is 11.3. The molecule has 0 bridgehead atoms. The van der Waals surface area contributed by atoms with Gasteiger partial charge in [0.15, 0.2) is 11.5 Å². The van der Waals surface area contributed by atoms with Crippen molar-refractivity contribution in [3.8, 4) is 23.4 Å². The number of carbonyl (C=O) groups is 1. The average Bonchev–Trinajstić information content (AvgIpc) is 2.54. The number of pyridine rings is 1. The summed E-state index contributed by atoms with van der Waals surface area (Å²) < 4.78 is 10.5. The van der Waals surface area contributed by atoms with Crippen LogP contribution in [0.5, 0.6) is 17.4 Å². The molecule has 0 unspecified atom stereocenters. The normalized spacial score (nSPS) is 9.64. The molecule has 0 fully saturated rings. The molecule has 0 saturated heterocycles. The molecule has 2 rings (SSSR count). The topological polar surface area (TPSA) is 115 Å². The summed E-state index contributed by atoms with van der Waals surface area (Å²) in [5.74, 6) is 0.556. The second-order valence-electron chi connectivity index (χ2n) is 4.02. The summed E-state index contributed by atoms with van der Waals surface area (Å²) in [5, 5.41) is 19.6. The summed E-state index contributed by atoms with van der Waals surface area (Å²) >= 11 is 0. The van der Waals surface area contributed by atoms with Crippen molar-refractivity contribution < 1.29 is 19.2 Å². The minimum absolute atomic E-state index is 0.000645. The molecule has 0 amide bonds. The second-order valence-corrected chi connectivity index (χ2v) is 4.02. The predicted molar refractivity (Wildman–Crippen MR) is 74.1 cm³/mol. The number of methoxy groups -OCH3 is 1. The molecule has 110 valence electrons. The van der Waals surface area contributed by atoms with Crippen molar-refractivity contribution in [1.29, 1.82) is 5.26 Å². The highest BCUT2D eigenvalue weighted by molar-refractivity contribution is 5.76. The van der Waals surface area contributed by atoms with E-state index in [1.165, 1.54) is 31.4 Å². The van der Waals surface area contributed by atoms with Gasteiger partial charge in [-0.05, 0) is 18.2 Å². The Labute approximate surface area is 124 Å². The summed E-state index contributed by atoms with van der Waals surface area (Å²) in [6, 6.07) is 8.53. The van der Waals surface area contributed by atoms with Crippen LogP contribution in [-0.2, 0) is 0 Å². The van der Waals surface area contributed by atoms with E-state index in [2.05, 4.69) is 4.98 Å². The highest BCUT2D eigenvalue weighted by atomic mass is 16.6. The molecule has 1 aromatic heterocycles. The lowest BCUT2D eigenvalue weighted by Gasteiger charge is -2.10. The van der Waals surface area contributed by atoms with E-state index in [0.29, 0.717) is 17.6 Å². The number of nitro groups is 1. The largest absolute Gasteiger partial charge is 0.493 e. The van der Waals surface area contributed by atoms with Crippen LogP contribution in [0.3, 0.4) is 0 Å². The molecule has 0 aliphatic heterocycles. The number of ether oxygens (including phenoxy) is 2. The molecule has 0 atom stereocenters. The molecule has 8 heteroatoms. The highest BCUT2D eigenvalue weighted by Crippen LogP contribution is 2.32. The average molecular weight is 299 g/mol. The maximum Gasteiger partial charge on any atom is 0.305 e. The quantitative estimate of drug-likeness (QED) is 0.473. The summed E-state index contributed by atoms with van der Waals surface area (Å²) in [6.45, 7) is 0. The van der Waals surface area contributed by atoms with Gasteiger partial charge in [0.2, 0.25) is 11.6 Å². The number of benzene rings is 1. The first-order chi connectivity index (χ1) is 10.6. The van der Waals surface area contributed by atoms with E-state index in [4.69, 9.17) is 14.7 Å². The zero-order valence-corrected chi connectivity index (χ0v) is 11.3. The Bertz CT molecular complexity index is 783. The molecule has 1 aromatic carbocycles. The van der Waals surface area contributed by atoms with Crippen molar-refractivity contribution in [2.45, 2.75) is 0 Å². The summed E-state index contributed by atoms with van der Waals surface area (Å²) in [4.78, 5) is 24.5. The number of aromatic nitrogens is 1. The van der Waals surface area contributed by atoms with Gasteiger partial charge < -0.3 is 9.47 Å². The third kappa shape index (κ3) is 2.99. The van der Waals surface area contributed by atoms with Gasteiger partial charge in [0.05, 0.1) is 12.0 Å². The number of hydrogen-bond donors (Lipinski definition) is 0. The van der Waals surface area contributed by atoms with Gasteiger partial charge in [0.1, 0.15) is 12.4 Å². The van der Waals surface area contributed by atoms with E-state index in [1.807, 2.05) is 0 Å². The van der Waals surface area contributed by atoms with Gasteiger partial charge in [-0.25, -0.2) is 0 Å². The highest BCUT2D eigenvalue weighted by Gasteiger charge is 2.17. The van der Waals surface area contributed by atoms with Crippen molar-refractivity contribution in [3.63, 3.8) is 0 Å². The van der Waals surface area contributed by atoms with Crippen molar-refractivity contribution in [2.24, 2.45) is 0 Å². The number of carbonyl (C=O) groups excluding carboxylic acids is 1. The predicted octanol–water partition coefficient (Wildman–Crippen LogP) is 2.47. The maximum absolute atomic E-state index is 10.7. The number of aldehydes is 1. The van der Waals surface area contributed by atoms with Crippen LogP contribution >= 0.6 is 0 Å². The molecular formula is C14H9N3O5. The van der Waals surface area contributed by atoms with Gasteiger partial charge in [-0.2, -0.15) is 10.2 Å². The molecule has 0 radical (unpaired) electrons. The Hall–Kier alpha value is -3.47. The fourth-order valence-corrected chi connectivity index (χ4v) is 1.67. The number of rotatable bonds is 5.